The number of rotatable bonds is 2. The van der Waals surface area contributed by atoms with E-state index < -0.39 is 0 Å². The van der Waals surface area contributed by atoms with E-state index in [2.05, 4.69) is 16.0 Å². The van der Waals surface area contributed by atoms with Gasteiger partial charge in [0.05, 0.1) is 22.6 Å². The van der Waals surface area contributed by atoms with E-state index in [1.807, 2.05) is 24.3 Å². The average molecular weight is 321 g/mol. The van der Waals surface area contributed by atoms with Gasteiger partial charge in [0.2, 0.25) is 0 Å². The van der Waals surface area contributed by atoms with Gasteiger partial charge >= 0.3 is 0 Å². The molecule has 0 radical (unpaired) electrons. The zero-order valence-electron chi connectivity index (χ0n) is 13.3. The molecule has 0 atom stereocenters. The second-order valence-corrected chi connectivity index (χ2v) is 6.34. The van der Waals surface area contributed by atoms with Gasteiger partial charge in [-0.25, -0.2) is 0 Å². The number of benzene rings is 2. The first-order valence-corrected chi connectivity index (χ1v) is 8.33. The van der Waals surface area contributed by atoms with Crippen LogP contribution in [-0.4, -0.2) is 17.9 Å². The highest BCUT2D eigenvalue weighted by molar-refractivity contribution is 6.12. The maximum atomic E-state index is 12.4. The third-order valence-electron chi connectivity index (χ3n) is 4.66. The van der Waals surface area contributed by atoms with Crippen LogP contribution in [0.4, 0.5) is 17.1 Å². The quantitative estimate of drug-likeness (QED) is 0.790. The molecule has 0 saturated heterocycles. The molecule has 5 heteroatoms. The van der Waals surface area contributed by atoms with Crippen molar-refractivity contribution in [1.29, 1.82) is 0 Å². The van der Waals surface area contributed by atoms with Crippen LogP contribution in [0.1, 0.15) is 46.4 Å². The lowest BCUT2D eigenvalue weighted by molar-refractivity contribution is 0.0936. The lowest BCUT2D eigenvalue weighted by Crippen LogP contribution is -2.32. The highest BCUT2D eigenvalue weighted by atomic mass is 16.2. The van der Waals surface area contributed by atoms with Gasteiger partial charge in [0.1, 0.15) is 0 Å². The van der Waals surface area contributed by atoms with Crippen LogP contribution in [-0.2, 0) is 0 Å². The molecule has 5 nitrogen and oxygen atoms in total. The average Bonchev–Trinajstić information content (AvgIpc) is 3.04. The summed E-state index contributed by atoms with van der Waals surface area (Å²) >= 11 is 0. The largest absolute Gasteiger partial charge is 0.353 e. The fourth-order valence-corrected chi connectivity index (χ4v) is 3.36. The molecule has 1 heterocycles. The third kappa shape index (κ3) is 2.73. The second-order valence-electron chi connectivity index (χ2n) is 6.34. The molecule has 4 rings (SSSR count). The molecule has 1 aliphatic carbocycles. The van der Waals surface area contributed by atoms with Gasteiger partial charge in [0, 0.05) is 11.6 Å². The van der Waals surface area contributed by atoms with E-state index in [0.29, 0.717) is 16.8 Å². The van der Waals surface area contributed by atoms with Crippen molar-refractivity contribution in [2.24, 2.45) is 0 Å². The predicted molar refractivity (Wildman–Crippen MR) is 93.8 cm³/mol. The molecule has 0 unspecified atom stereocenters. The van der Waals surface area contributed by atoms with Crippen molar-refractivity contribution in [3.05, 3.63) is 53.6 Å². The van der Waals surface area contributed by atoms with Crippen molar-refractivity contribution in [2.75, 3.05) is 10.6 Å². The molecule has 2 aromatic carbocycles. The Morgan fingerprint density at radius 2 is 1.75 bits per heavy atom. The summed E-state index contributed by atoms with van der Waals surface area (Å²) in [4.78, 5) is 24.8. The molecule has 0 aromatic heterocycles. The molecule has 1 saturated carbocycles. The minimum absolute atomic E-state index is 0.0827. The Kier molecular flexibility index (Phi) is 3.69. The normalized spacial score (nSPS) is 16.4. The number of fused-ring (bicyclic) bond motifs is 2. The number of carbonyl (C=O) groups is 2. The first kappa shape index (κ1) is 14.8. The van der Waals surface area contributed by atoms with Crippen LogP contribution in [0.3, 0.4) is 0 Å². The fraction of sp³-hybridized carbons (Fsp3) is 0.263. The van der Waals surface area contributed by atoms with E-state index in [1.54, 1.807) is 18.2 Å². The fourth-order valence-electron chi connectivity index (χ4n) is 3.36. The van der Waals surface area contributed by atoms with Crippen molar-refractivity contribution in [3.63, 3.8) is 0 Å². The van der Waals surface area contributed by atoms with E-state index in [4.69, 9.17) is 0 Å². The van der Waals surface area contributed by atoms with Crippen molar-refractivity contribution in [2.45, 2.75) is 31.7 Å². The van der Waals surface area contributed by atoms with Crippen molar-refractivity contribution >= 4 is 28.9 Å². The number of carbonyl (C=O) groups excluding carboxylic acids is 2. The minimum Gasteiger partial charge on any atom is -0.353 e. The van der Waals surface area contributed by atoms with Gasteiger partial charge in [0.15, 0.2) is 0 Å². The molecule has 3 N–H and O–H groups in total. The first-order chi connectivity index (χ1) is 11.7. The summed E-state index contributed by atoms with van der Waals surface area (Å²) in [7, 11) is 0. The monoisotopic (exact) mass is 321 g/mol. The Labute approximate surface area is 140 Å². The van der Waals surface area contributed by atoms with Crippen LogP contribution in [0.2, 0.25) is 0 Å². The Bertz CT molecular complexity index is 810. The van der Waals surface area contributed by atoms with E-state index in [-0.39, 0.29) is 17.9 Å². The summed E-state index contributed by atoms with van der Waals surface area (Å²) < 4.78 is 0. The van der Waals surface area contributed by atoms with E-state index in [9.17, 15) is 9.59 Å². The molecule has 2 amide bonds. The topological polar surface area (TPSA) is 70.2 Å². The molecule has 0 spiro atoms. The number of nitrogens with one attached hydrogen (secondary N) is 3. The summed E-state index contributed by atoms with van der Waals surface area (Å²) in [6.07, 6.45) is 4.44. The maximum absolute atomic E-state index is 12.4. The zero-order chi connectivity index (χ0) is 16.5. The molecule has 2 aliphatic rings. The Hall–Kier alpha value is -2.82. The second kappa shape index (κ2) is 6.00. The van der Waals surface area contributed by atoms with Gasteiger partial charge in [-0.1, -0.05) is 25.0 Å². The smallest absolute Gasteiger partial charge is 0.257 e. The van der Waals surface area contributed by atoms with Crippen LogP contribution in [0.15, 0.2) is 42.5 Å². The lowest BCUT2D eigenvalue weighted by atomic mass is 10.1. The van der Waals surface area contributed by atoms with Crippen LogP contribution in [0.25, 0.3) is 0 Å². The first-order valence-electron chi connectivity index (χ1n) is 8.33. The molecular formula is C19H19N3O2. The Balaban J connectivity index is 1.61. The molecule has 122 valence electrons. The summed E-state index contributed by atoms with van der Waals surface area (Å²) in [5.41, 5.74) is 3.32. The molecule has 1 aliphatic heterocycles. The third-order valence-corrected chi connectivity index (χ3v) is 4.66. The molecule has 24 heavy (non-hydrogen) atoms. The van der Waals surface area contributed by atoms with Crippen molar-refractivity contribution < 1.29 is 9.59 Å². The summed E-state index contributed by atoms with van der Waals surface area (Å²) in [5, 5.41) is 9.22. The highest BCUT2D eigenvalue weighted by Gasteiger charge is 2.21. The van der Waals surface area contributed by atoms with Gasteiger partial charge in [-0.2, -0.15) is 0 Å². The van der Waals surface area contributed by atoms with Crippen molar-refractivity contribution in [3.8, 4) is 0 Å². The van der Waals surface area contributed by atoms with Crippen LogP contribution < -0.4 is 16.0 Å². The van der Waals surface area contributed by atoms with E-state index in [1.165, 1.54) is 12.8 Å². The van der Waals surface area contributed by atoms with E-state index in [0.717, 1.165) is 24.2 Å². The molecule has 1 fully saturated rings. The van der Waals surface area contributed by atoms with Gasteiger partial charge in [-0.15, -0.1) is 0 Å². The highest BCUT2D eigenvalue weighted by Crippen LogP contribution is 2.32. The Morgan fingerprint density at radius 3 is 2.58 bits per heavy atom. The molecular weight excluding hydrogens is 302 g/mol. The number of hydrogen-bond donors (Lipinski definition) is 3. The van der Waals surface area contributed by atoms with E-state index >= 15 is 0 Å². The maximum Gasteiger partial charge on any atom is 0.257 e. The van der Waals surface area contributed by atoms with Crippen LogP contribution in [0, 0.1) is 0 Å². The van der Waals surface area contributed by atoms with Crippen LogP contribution >= 0.6 is 0 Å². The van der Waals surface area contributed by atoms with Gasteiger partial charge < -0.3 is 16.0 Å². The van der Waals surface area contributed by atoms with Crippen molar-refractivity contribution in [1.82, 2.24) is 5.32 Å². The number of amides is 2. The predicted octanol–water partition coefficient (Wildman–Crippen LogP) is 3.67. The summed E-state index contributed by atoms with van der Waals surface area (Å²) in [6, 6.07) is 13.0. The van der Waals surface area contributed by atoms with Crippen LogP contribution in [0.5, 0.6) is 0 Å². The SMILES string of the molecule is O=C(NC1CCCC1)c1ccc2c(c1)NC(=O)c1ccccc1N2. The molecule has 2 aromatic rings. The number of para-hydroxylation sites is 1. The Morgan fingerprint density at radius 1 is 0.958 bits per heavy atom. The van der Waals surface area contributed by atoms with Gasteiger partial charge in [-0.3, -0.25) is 9.59 Å². The van der Waals surface area contributed by atoms with Gasteiger partial charge in [0.25, 0.3) is 11.8 Å². The number of anilines is 3. The van der Waals surface area contributed by atoms with Gasteiger partial charge in [-0.05, 0) is 43.2 Å². The minimum atomic E-state index is -0.176. The standard InChI is InChI=1S/C19H19N3O2/c23-18(20-13-5-1-2-6-13)12-9-10-16-17(11-12)22-19(24)14-7-3-4-8-15(14)21-16/h3-4,7-11,13,21H,1-2,5-6H2,(H,20,23)(H,22,24). The number of hydrogen-bond acceptors (Lipinski definition) is 3. The lowest BCUT2D eigenvalue weighted by Gasteiger charge is -2.14. The summed E-state index contributed by atoms with van der Waals surface area (Å²) in [6.45, 7) is 0. The zero-order valence-corrected chi connectivity index (χ0v) is 13.3. The summed E-state index contributed by atoms with van der Waals surface area (Å²) in [5.74, 6) is -0.258. The molecule has 0 bridgehead atoms.